The summed E-state index contributed by atoms with van der Waals surface area (Å²) < 4.78 is 11.5. The van der Waals surface area contributed by atoms with Crippen molar-refractivity contribution in [1.29, 1.82) is 0 Å². The van der Waals surface area contributed by atoms with Gasteiger partial charge in [-0.1, -0.05) is 69.0 Å². The van der Waals surface area contributed by atoms with Gasteiger partial charge in [0.25, 0.3) is 0 Å². The van der Waals surface area contributed by atoms with Gasteiger partial charge in [-0.05, 0) is 54.3 Å². The second-order valence-electron chi connectivity index (χ2n) is 8.64. The van der Waals surface area contributed by atoms with Crippen LogP contribution in [0.5, 0.6) is 0 Å². The van der Waals surface area contributed by atoms with E-state index >= 15 is 0 Å². The maximum Gasteiger partial charge on any atom is 0.152 e. The highest BCUT2D eigenvalue weighted by molar-refractivity contribution is 5.69. The minimum atomic E-state index is 0.555. The van der Waals surface area contributed by atoms with E-state index in [1.807, 2.05) is 31.2 Å². The monoisotopic (exact) mass is 457 g/mol. The summed E-state index contributed by atoms with van der Waals surface area (Å²) in [4.78, 5) is 8.71. The van der Waals surface area contributed by atoms with Crippen LogP contribution in [-0.2, 0) is 35.7 Å². The van der Waals surface area contributed by atoms with Gasteiger partial charge in [-0.25, -0.2) is 4.98 Å². The molecule has 1 N–H and O–H groups in total. The van der Waals surface area contributed by atoms with Crippen LogP contribution in [0, 0.1) is 5.92 Å². The first-order chi connectivity index (χ1) is 16.5. The van der Waals surface area contributed by atoms with Crippen molar-refractivity contribution in [2.75, 3.05) is 11.9 Å². The average molecular weight is 458 g/mol. The SMILES string of the molecule is C=Nc1cc(C(=C)OCC)cnc1NCc1cc(COCc2ccccc2)ccc1CC(C)C. The summed E-state index contributed by atoms with van der Waals surface area (Å²) in [6.45, 7) is 16.4. The van der Waals surface area contributed by atoms with E-state index in [4.69, 9.17) is 9.47 Å². The highest BCUT2D eigenvalue weighted by atomic mass is 16.5. The van der Waals surface area contributed by atoms with E-state index in [2.05, 4.69) is 72.8 Å². The van der Waals surface area contributed by atoms with Crippen LogP contribution in [0.25, 0.3) is 5.76 Å². The molecule has 0 aliphatic rings. The molecular weight excluding hydrogens is 422 g/mol. The van der Waals surface area contributed by atoms with E-state index in [1.54, 1.807) is 6.20 Å². The molecule has 0 bridgehead atoms. The van der Waals surface area contributed by atoms with Crippen molar-refractivity contribution in [2.24, 2.45) is 10.9 Å². The molecule has 0 aliphatic carbocycles. The van der Waals surface area contributed by atoms with Gasteiger partial charge in [-0.3, -0.25) is 4.99 Å². The summed E-state index contributed by atoms with van der Waals surface area (Å²) in [5.41, 5.74) is 6.35. The molecule has 0 unspecified atom stereocenters. The standard InChI is InChI=1S/C29H35N3O2/c1-6-34-22(4)26-16-28(30-5)29(31-17-26)32-18-27-15-24(12-13-25(27)14-21(2)3)20-33-19-23-10-8-7-9-11-23/h7-13,15-17,21H,4-6,14,18-20H2,1-3H3,(H,31,32). The molecule has 3 rings (SSSR count). The van der Waals surface area contributed by atoms with Gasteiger partial charge in [-0.2, -0.15) is 0 Å². The van der Waals surface area contributed by atoms with Gasteiger partial charge in [0.2, 0.25) is 0 Å². The van der Waals surface area contributed by atoms with Gasteiger partial charge in [-0.15, -0.1) is 0 Å². The summed E-state index contributed by atoms with van der Waals surface area (Å²) in [5.74, 6) is 1.82. The Labute approximate surface area is 203 Å². The van der Waals surface area contributed by atoms with Crippen LogP contribution < -0.4 is 5.32 Å². The fourth-order valence-corrected chi connectivity index (χ4v) is 3.73. The van der Waals surface area contributed by atoms with Gasteiger partial charge >= 0.3 is 0 Å². The highest BCUT2D eigenvalue weighted by Crippen LogP contribution is 2.27. The van der Waals surface area contributed by atoms with E-state index in [1.165, 1.54) is 16.7 Å². The number of pyridine rings is 1. The molecule has 2 aromatic carbocycles. The van der Waals surface area contributed by atoms with E-state index in [-0.39, 0.29) is 0 Å². The summed E-state index contributed by atoms with van der Waals surface area (Å²) in [7, 11) is 0. The van der Waals surface area contributed by atoms with Gasteiger partial charge < -0.3 is 14.8 Å². The molecule has 5 heteroatoms. The third-order valence-corrected chi connectivity index (χ3v) is 5.40. The van der Waals surface area contributed by atoms with Crippen LogP contribution in [0.3, 0.4) is 0 Å². The quantitative estimate of drug-likeness (QED) is 0.223. The molecular formula is C29H35N3O2. The van der Waals surface area contributed by atoms with Crippen LogP contribution in [0.15, 0.2) is 72.4 Å². The van der Waals surface area contributed by atoms with E-state index < -0.39 is 0 Å². The Morgan fingerprint density at radius 2 is 1.79 bits per heavy atom. The molecule has 0 amide bonds. The number of ether oxygens (including phenoxy) is 2. The fourth-order valence-electron chi connectivity index (χ4n) is 3.73. The smallest absolute Gasteiger partial charge is 0.152 e. The van der Waals surface area contributed by atoms with Crippen molar-refractivity contribution in [3.63, 3.8) is 0 Å². The van der Waals surface area contributed by atoms with Crippen molar-refractivity contribution < 1.29 is 9.47 Å². The third kappa shape index (κ3) is 7.29. The number of aliphatic imine (C=N–C) groups is 1. The highest BCUT2D eigenvalue weighted by Gasteiger charge is 2.11. The van der Waals surface area contributed by atoms with E-state index in [0.717, 1.165) is 17.5 Å². The van der Waals surface area contributed by atoms with Gasteiger partial charge in [0.1, 0.15) is 11.4 Å². The molecule has 178 valence electrons. The second-order valence-corrected chi connectivity index (χ2v) is 8.64. The number of nitrogens with zero attached hydrogens (tertiary/aromatic N) is 2. The number of hydrogen-bond acceptors (Lipinski definition) is 5. The van der Waals surface area contributed by atoms with Gasteiger partial charge in [0.15, 0.2) is 5.82 Å². The first-order valence-electron chi connectivity index (χ1n) is 11.7. The number of nitrogens with one attached hydrogen (secondary N) is 1. The maximum atomic E-state index is 5.96. The molecule has 0 radical (unpaired) electrons. The first-order valence-corrected chi connectivity index (χ1v) is 11.7. The fraction of sp³-hybridized carbons (Fsp3) is 0.310. The van der Waals surface area contributed by atoms with Gasteiger partial charge in [0, 0.05) is 18.3 Å². The lowest BCUT2D eigenvalue weighted by molar-refractivity contribution is 0.107. The average Bonchev–Trinajstić information content (AvgIpc) is 2.84. The van der Waals surface area contributed by atoms with Crippen LogP contribution in [0.4, 0.5) is 11.5 Å². The van der Waals surface area contributed by atoms with Crippen LogP contribution in [0.2, 0.25) is 0 Å². The summed E-state index contributed by atoms with van der Waals surface area (Å²) in [5, 5.41) is 3.45. The molecule has 3 aromatic rings. The van der Waals surface area contributed by atoms with E-state index in [9.17, 15) is 0 Å². The zero-order chi connectivity index (χ0) is 24.3. The topological polar surface area (TPSA) is 55.7 Å². The molecule has 5 nitrogen and oxygen atoms in total. The van der Waals surface area contributed by atoms with Crippen molar-refractivity contribution in [3.05, 3.63) is 95.2 Å². The Kier molecular flexibility index (Phi) is 9.41. The molecule has 34 heavy (non-hydrogen) atoms. The molecule has 1 aromatic heterocycles. The summed E-state index contributed by atoms with van der Waals surface area (Å²) >= 11 is 0. The normalized spacial score (nSPS) is 10.8. The van der Waals surface area contributed by atoms with E-state index in [0.29, 0.717) is 49.5 Å². The Balaban J connectivity index is 1.73. The Morgan fingerprint density at radius 3 is 2.50 bits per heavy atom. The molecule has 0 saturated heterocycles. The van der Waals surface area contributed by atoms with Crippen LogP contribution >= 0.6 is 0 Å². The lowest BCUT2D eigenvalue weighted by atomic mass is 9.96. The van der Waals surface area contributed by atoms with Crippen molar-refractivity contribution in [2.45, 2.75) is 47.0 Å². The number of anilines is 1. The Morgan fingerprint density at radius 1 is 1.03 bits per heavy atom. The molecule has 0 spiro atoms. The zero-order valence-electron chi connectivity index (χ0n) is 20.5. The predicted molar refractivity (Wildman–Crippen MR) is 141 cm³/mol. The van der Waals surface area contributed by atoms with Crippen LogP contribution in [0.1, 0.15) is 48.6 Å². The third-order valence-electron chi connectivity index (χ3n) is 5.40. The molecule has 0 aliphatic heterocycles. The number of aromatic nitrogens is 1. The number of benzene rings is 2. The Hall–Kier alpha value is -3.44. The lowest BCUT2D eigenvalue weighted by Crippen LogP contribution is -2.08. The van der Waals surface area contributed by atoms with Crippen molar-refractivity contribution in [1.82, 2.24) is 4.98 Å². The molecule has 0 atom stereocenters. The number of rotatable bonds is 13. The molecule has 0 fully saturated rings. The van der Waals surface area contributed by atoms with Crippen molar-refractivity contribution >= 4 is 24.0 Å². The second kappa shape index (κ2) is 12.7. The summed E-state index contributed by atoms with van der Waals surface area (Å²) in [6.07, 6.45) is 2.76. The van der Waals surface area contributed by atoms with Crippen molar-refractivity contribution in [3.8, 4) is 0 Å². The Bertz CT molecular complexity index is 1090. The minimum Gasteiger partial charge on any atom is -0.494 e. The molecule has 0 saturated carbocycles. The van der Waals surface area contributed by atoms with Crippen LogP contribution in [-0.4, -0.2) is 18.3 Å². The maximum absolute atomic E-state index is 5.96. The first kappa shape index (κ1) is 25.2. The van der Waals surface area contributed by atoms with Gasteiger partial charge in [0.05, 0.1) is 19.8 Å². The number of hydrogen-bond donors (Lipinski definition) is 1. The largest absolute Gasteiger partial charge is 0.494 e. The zero-order valence-corrected chi connectivity index (χ0v) is 20.5. The lowest BCUT2D eigenvalue weighted by Gasteiger charge is -2.16. The predicted octanol–water partition coefficient (Wildman–Crippen LogP) is 6.95. The summed E-state index contributed by atoms with van der Waals surface area (Å²) in [6, 6.07) is 18.7. The minimum absolute atomic E-state index is 0.555. The molecule has 1 heterocycles.